The van der Waals surface area contributed by atoms with Crippen LogP contribution in [0.25, 0.3) is 0 Å². The molecule has 1 aromatic carbocycles. The predicted molar refractivity (Wildman–Crippen MR) is 108 cm³/mol. The van der Waals surface area contributed by atoms with Gasteiger partial charge in [0, 0.05) is 19.5 Å². The molecule has 5 nitrogen and oxygen atoms in total. The van der Waals surface area contributed by atoms with E-state index in [2.05, 4.69) is 10.3 Å². The summed E-state index contributed by atoms with van der Waals surface area (Å²) in [5.74, 6) is 0.505. The zero-order chi connectivity index (χ0) is 19.4. The van der Waals surface area contributed by atoms with Crippen LogP contribution in [0.2, 0.25) is 0 Å². The van der Waals surface area contributed by atoms with Gasteiger partial charge in [0.15, 0.2) is 0 Å². The van der Waals surface area contributed by atoms with E-state index in [1.54, 1.807) is 0 Å². The fourth-order valence-electron chi connectivity index (χ4n) is 3.60. The molecule has 0 saturated carbocycles. The molecule has 1 fully saturated rings. The molecular weight excluding hydrogens is 358 g/mol. The van der Waals surface area contributed by atoms with Crippen molar-refractivity contribution in [2.24, 2.45) is 5.92 Å². The number of carbonyl (C=O) groups excluding carboxylic acids is 2. The Kier molecular flexibility index (Phi) is 6.26. The monoisotopic (exact) mass is 385 g/mol. The number of nitrogens with zero attached hydrogens (tertiary/aromatic N) is 2. The van der Waals surface area contributed by atoms with E-state index in [1.807, 2.05) is 56.0 Å². The van der Waals surface area contributed by atoms with Crippen LogP contribution in [-0.2, 0) is 4.79 Å². The molecule has 27 heavy (non-hydrogen) atoms. The van der Waals surface area contributed by atoms with Crippen LogP contribution in [0.5, 0.6) is 0 Å². The molecule has 1 N–H and O–H groups in total. The van der Waals surface area contributed by atoms with E-state index in [0.29, 0.717) is 25.4 Å². The summed E-state index contributed by atoms with van der Waals surface area (Å²) in [4.78, 5) is 32.1. The van der Waals surface area contributed by atoms with Crippen molar-refractivity contribution in [1.29, 1.82) is 0 Å². The predicted octanol–water partition coefficient (Wildman–Crippen LogP) is 3.88. The third kappa shape index (κ3) is 4.95. The number of aromatic nitrogens is 1. The first-order valence-corrected chi connectivity index (χ1v) is 10.3. The first-order valence-electron chi connectivity index (χ1n) is 9.51. The summed E-state index contributed by atoms with van der Waals surface area (Å²) in [5, 5.41) is 4.01. The Hall–Kier alpha value is -2.21. The minimum Gasteiger partial charge on any atom is -0.350 e. The van der Waals surface area contributed by atoms with Gasteiger partial charge < -0.3 is 10.2 Å². The van der Waals surface area contributed by atoms with Gasteiger partial charge in [-0.25, -0.2) is 4.98 Å². The van der Waals surface area contributed by atoms with Gasteiger partial charge in [0.05, 0.1) is 16.7 Å². The molecule has 3 rings (SSSR count). The van der Waals surface area contributed by atoms with Crippen LogP contribution in [0.1, 0.15) is 58.2 Å². The second-order valence-corrected chi connectivity index (χ2v) is 8.49. The molecule has 6 heteroatoms. The molecule has 144 valence electrons. The second-order valence-electron chi connectivity index (χ2n) is 7.29. The topological polar surface area (TPSA) is 62.3 Å². The summed E-state index contributed by atoms with van der Waals surface area (Å²) in [6, 6.07) is 10.0. The van der Waals surface area contributed by atoms with Crippen LogP contribution in [0.3, 0.4) is 0 Å². The molecule has 1 aromatic heterocycles. The van der Waals surface area contributed by atoms with Crippen LogP contribution in [0, 0.1) is 19.8 Å². The van der Waals surface area contributed by atoms with Crippen LogP contribution in [0.15, 0.2) is 30.3 Å². The van der Waals surface area contributed by atoms with Crippen LogP contribution >= 0.6 is 11.3 Å². The number of hydrogen-bond acceptors (Lipinski definition) is 4. The van der Waals surface area contributed by atoms with Crippen molar-refractivity contribution >= 4 is 23.2 Å². The number of benzene rings is 1. The van der Waals surface area contributed by atoms with Crippen LogP contribution < -0.4 is 5.32 Å². The van der Waals surface area contributed by atoms with Crippen molar-refractivity contribution in [3.63, 3.8) is 0 Å². The number of amides is 2. The number of carbonyl (C=O) groups is 2. The third-order valence-corrected chi connectivity index (χ3v) is 6.21. The molecule has 0 radical (unpaired) electrons. The number of likely N-dealkylation sites (tertiary alicyclic amines) is 1. The summed E-state index contributed by atoms with van der Waals surface area (Å²) in [7, 11) is 0. The van der Waals surface area contributed by atoms with E-state index in [1.165, 1.54) is 11.3 Å². The van der Waals surface area contributed by atoms with E-state index in [-0.39, 0.29) is 17.9 Å². The highest BCUT2D eigenvalue weighted by Gasteiger charge is 2.27. The van der Waals surface area contributed by atoms with Crippen LogP contribution in [0.4, 0.5) is 0 Å². The van der Waals surface area contributed by atoms with Gasteiger partial charge >= 0.3 is 0 Å². The Balaban J connectivity index is 1.47. The zero-order valence-corrected chi connectivity index (χ0v) is 17.0. The van der Waals surface area contributed by atoms with E-state index in [0.717, 1.165) is 34.0 Å². The lowest BCUT2D eigenvalue weighted by Gasteiger charge is -2.31. The molecule has 2 aromatic rings. The third-order valence-electron chi connectivity index (χ3n) is 5.15. The number of thiazole rings is 1. The Morgan fingerprint density at radius 1 is 1.22 bits per heavy atom. The largest absolute Gasteiger partial charge is 0.350 e. The van der Waals surface area contributed by atoms with Gasteiger partial charge in [-0.05, 0) is 45.1 Å². The highest BCUT2D eigenvalue weighted by atomic mass is 32.1. The van der Waals surface area contributed by atoms with E-state index in [9.17, 15) is 9.59 Å². The van der Waals surface area contributed by atoms with Gasteiger partial charge in [0.25, 0.3) is 5.91 Å². The Bertz CT molecular complexity index is 795. The normalized spacial score (nSPS) is 16.2. The molecule has 0 bridgehead atoms. The molecule has 2 heterocycles. The summed E-state index contributed by atoms with van der Waals surface area (Å²) >= 11 is 1.47. The molecule has 0 unspecified atom stereocenters. The Morgan fingerprint density at radius 2 is 1.89 bits per heavy atom. The number of hydrogen-bond donors (Lipinski definition) is 1. The van der Waals surface area contributed by atoms with Crippen molar-refractivity contribution in [3.8, 4) is 0 Å². The highest BCUT2D eigenvalue weighted by Crippen LogP contribution is 2.25. The molecule has 0 aliphatic carbocycles. The molecule has 1 saturated heterocycles. The minimum absolute atomic E-state index is 0.0120. The van der Waals surface area contributed by atoms with Gasteiger partial charge in [-0.3, -0.25) is 9.59 Å². The quantitative estimate of drug-likeness (QED) is 0.850. The van der Waals surface area contributed by atoms with Gasteiger partial charge in [0.2, 0.25) is 5.91 Å². The Labute approximate surface area is 164 Å². The number of nitrogens with one attached hydrogen (secondary N) is 1. The first-order chi connectivity index (χ1) is 12.9. The fourth-order valence-corrected chi connectivity index (χ4v) is 4.49. The summed E-state index contributed by atoms with van der Waals surface area (Å²) in [6.45, 7) is 7.24. The van der Waals surface area contributed by atoms with E-state index < -0.39 is 0 Å². The van der Waals surface area contributed by atoms with Crippen molar-refractivity contribution in [2.45, 2.75) is 46.1 Å². The van der Waals surface area contributed by atoms with Crippen LogP contribution in [-0.4, -0.2) is 34.8 Å². The SMILES string of the molecule is Cc1nc(C)c(C(=O)N2CCC(CC(=O)N[C@@H](C)c3ccccc3)CC2)s1. The molecule has 1 aliphatic heterocycles. The van der Waals surface area contributed by atoms with Gasteiger partial charge in [-0.2, -0.15) is 0 Å². The van der Waals surface area contributed by atoms with Crippen molar-refractivity contribution in [1.82, 2.24) is 15.2 Å². The molecule has 1 atom stereocenters. The average molecular weight is 386 g/mol. The summed E-state index contributed by atoms with van der Waals surface area (Å²) < 4.78 is 0. The van der Waals surface area contributed by atoms with Gasteiger partial charge in [0.1, 0.15) is 4.88 Å². The van der Waals surface area contributed by atoms with Crippen molar-refractivity contribution in [2.75, 3.05) is 13.1 Å². The number of aryl methyl sites for hydroxylation is 2. The maximum atomic E-state index is 12.7. The smallest absolute Gasteiger partial charge is 0.265 e. The molecule has 0 spiro atoms. The van der Waals surface area contributed by atoms with E-state index >= 15 is 0 Å². The zero-order valence-electron chi connectivity index (χ0n) is 16.2. The van der Waals surface area contributed by atoms with Gasteiger partial charge in [-0.15, -0.1) is 11.3 Å². The van der Waals surface area contributed by atoms with Crippen molar-refractivity contribution < 1.29 is 9.59 Å². The lowest BCUT2D eigenvalue weighted by molar-refractivity contribution is -0.122. The summed E-state index contributed by atoms with van der Waals surface area (Å²) in [6.07, 6.45) is 2.27. The molecular formula is C21H27N3O2S. The first kappa shape index (κ1) is 19.5. The standard InChI is InChI=1S/C21H27N3O2S/c1-14(18-7-5-4-6-8-18)23-19(25)13-17-9-11-24(12-10-17)21(26)20-15(2)22-16(3)27-20/h4-8,14,17H,9-13H2,1-3H3,(H,23,25)/t14-/m0/s1. The van der Waals surface area contributed by atoms with E-state index in [4.69, 9.17) is 0 Å². The summed E-state index contributed by atoms with van der Waals surface area (Å²) in [5.41, 5.74) is 1.93. The number of rotatable bonds is 5. The van der Waals surface area contributed by atoms with Gasteiger partial charge in [-0.1, -0.05) is 30.3 Å². The molecule has 2 amide bonds. The number of piperidine rings is 1. The highest BCUT2D eigenvalue weighted by molar-refractivity contribution is 7.13. The van der Waals surface area contributed by atoms with Crippen molar-refractivity contribution in [3.05, 3.63) is 51.5 Å². The maximum absolute atomic E-state index is 12.7. The lowest BCUT2D eigenvalue weighted by Crippen LogP contribution is -2.39. The lowest BCUT2D eigenvalue weighted by atomic mass is 9.93. The Morgan fingerprint density at radius 3 is 2.48 bits per heavy atom. The fraction of sp³-hybridized carbons (Fsp3) is 0.476. The second kappa shape index (κ2) is 8.65. The molecule has 1 aliphatic rings. The average Bonchev–Trinajstić information content (AvgIpc) is 3.00. The minimum atomic E-state index is 0.0120. The maximum Gasteiger partial charge on any atom is 0.265 e.